The van der Waals surface area contributed by atoms with Crippen LogP contribution < -0.4 is 9.47 Å². The van der Waals surface area contributed by atoms with Crippen LogP contribution in [0.1, 0.15) is 28.8 Å². The summed E-state index contributed by atoms with van der Waals surface area (Å²) in [6.45, 7) is 1.56. The molecule has 1 aliphatic rings. The summed E-state index contributed by atoms with van der Waals surface area (Å²) in [7, 11) is 3.10. The van der Waals surface area contributed by atoms with Gasteiger partial charge in [-0.05, 0) is 48.7 Å². The molecule has 1 saturated heterocycles. The third-order valence-corrected chi connectivity index (χ3v) is 4.52. The molecule has 144 valence electrons. The van der Waals surface area contributed by atoms with Crippen LogP contribution in [0.15, 0.2) is 42.5 Å². The Morgan fingerprint density at radius 3 is 2.85 bits per heavy atom. The number of halogens is 1. The van der Waals surface area contributed by atoms with Gasteiger partial charge in [-0.25, -0.2) is 4.39 Å². The average molecular weight is 373 g/mol. The fraction of sp³-hybridized carbons (Fsp3) is 0.381. The SMILES string of the molecule is COc1ccc(CN(C)C(=O)c2cccc(OC[C@H]3CCCO3)c2)cc1F. The Kier molecular flexibility index (Phi) is 6.29. The molecule has 3 rings (SSSR count). The molecule has 0 aromatic heterocycles. The molecule has 1 fully saturated rings. The first kappa shape index (κ1) is 19.2. The van der Waals surface area contributed by atoms with Crippen molar-refractivity contribution in [2.45, 2.75) is 25.5 Å². The number of amides is 1. The van der Waals surface area contributed by atoms with Crippen molar-refractivity contribution in [2.75, 3.05) is 27.4 Å². The molecule has 0 unspecified atom stereocenters. The third-order valence-electron chi connectivity index (χ3n) is 4.52. The summed E-state index contributed by atoms with van der Waals surface area (Å²) in [4.78, 5) is 14.2. The highest BCUT2D eigenvalue weighted by Gasteiger charge is 2.17. The maximum atomic E-state index is 13.8. The van der Waals surface area contributed by atoms with Crippen LogP contribution in [0.2, 0.25) is 0 Å². The predicted molar refractivity (Wildman–Crippen MR) is 99.7 cm³/mol. The molecule has 0 radical (unpaired) electrons. The highest BCUT2D eigenvalue weighted by molar-refractivity contribution is 5.94. The smallest absolute Gasteiger partial charge is 0.254 e. The van der Waals surface area contributed by atoms with Crippen molar-refractivity contribution in [1.29, 1.82) is 0 Å². The van der Waals surface area contributed by atoms with E-state index in [2.05, 4.69) is 0 Å². The molecule has 1 aliphatic heterocycles. The largest absolute Gasteiger partial charge is 0.494 e. The standard InChI is InChI=1S/C21H24FNO4/c1-23(13-15-8-9-20(25-2)19(22)11-15)21(24)16-5-3-6-17(12-16)27-14-18-7-4-10-26-18/h3,5-6,8-9,11-12,18H,4,7,10,13-14H2,1-2H3/t18-/m1/s1. The molecule has 2 aromatic carbocycles. The van der Waals surface area contributed by atoms with Gasteiger partial charge in [-0.1, -0.05) is 12.1 Å². The molecule has 0 aliphatic carbocycles. The lowest BCUT2D eigenvalue weighted by atomic mass is 10.1. The lowest BCUT2D eigenvalue weighted by molar-refractivity contribution is 0.0678. The summed E-state index contributed by atoms with van der Waals surface area (Å²) in [6.07, 6.45) is 2.18. The highest BCUT2D eigenvalue weighted by atomic mass is 19.1. The van der Waals surface area contributed by atoms with Crippen molar-refractivity contribution in [3.63, 3.8) is 0 Å². The number of hydrogen-bond acceptors (Lipinski definition) is 4. The second-order valence-corrected chi connectivity index (χ2v) is 6.60. The Morgan fingerprint density at radius 1 is 1.30 bits per heavy atom. The Hall–Kier alpha value is -2.60. The van der Waals surface area contributed by atoms with E-state index in [4.69, 9.17) is 14.2 Å². The number of ether oxygens (including phenoxy) is 3. The Labute approximate surface area is 158 Å². The van der Waals surface area contributed by atoms with Crippen molar-refractivity contribution < 1.29 is 23.4 Å². The van der Waals surface area contributed by atoms with Crippen molar-refractivity contribution in [3.05, 3.63) is 59.4 Å². The van der Waals surface area contributed by atoms with Crippen molar-refractivity contribution in [1.82, 2.24) is 4.90 Å². The maximum Gasteiger partial charge on any atom is 0.254 e. The number of hydrogen-bond donors (Lipinski definition) is 0. The minimum atomic E-state index is -0.444. The van der Waals surface area contributed by atoms with Gasteiger partial charge in [-0.3, -0.25) is 4.79 Å². The molecular formula is C21H24FNO4. The minimum absolute atomic E-state index is 0.122. The number of carbonyl (C=O) groups excluding carboxylic acids is 1. The van der Waals surface area contributed by atoms with Crippen LogP contribution in [-0.2, 0) is 11.3 Å². The van der Waals surface area contributed by atoms with Gasteiger partial charge in [0.15, 0.2) is 11.6 Å². The molecule has 0 spiro atoms. The summed E-state index contributed by atoms with van der Waals surface area (Å²) >= 11 is 0. The van der Waals surface area contributed by atoms with Gasteiger partial charge in [0, 0.05) is 25.8 Å². The first-order chi connectivity index (χ1) is 13.1. The number of carbonyl (C=O) groups is 1. The quantitative estimate of drug-likeness (QED) is 0.743. The molecule has 0 saturated carbocycles. The molecule has 0 bridgehead atoms. The number of benzene rings is 2. The van der Waals surface area contributed by atoms with E-state index in [0.29, 0.717) is 30.0 Å². The van der Waals surface area contributed by atoms with Crippen LogP contribution in [0.5, 0.6) is 11.5 Å². The average Bonchev–Trinajstić information content (AvgIpc) is 3.20. The first-order valence-electron chi connectivity index (χ1n) is 8.99. The predicted octanol–water partition coefficient (Wildman–Crippen LogP) is 3.66. The fourth-order valence-electron chi connectivity index (χ4n) is 3.06. The summed E-state index contributed by atoms with van der Waals surface area (Å²) in [5.41, 5.74) is 1.21. The van der Waals surface area contributed by atoms with E-state index in [-0.39, 0.29) is 17.8 Å². The molecular weight excluding hydrogens is 349 g/mol. The monoisotopic (exact) mass is 373 g/mol. The number of methoxy groups -OCH3 is 1. The van der Waals surface area contributed by atoms with Gasteiger partial charge in [0.1, 0.15) is 12.4 Å². The zero-order valence-electron chi connectivity index (χ0n) is 15.6. The maximum absolute atomic E-state index is 13.8. The van der Waals surface area contributed by atoms with Crippen molar-refractivity contribution >= 4 is 5.91 Å². The second-order valence-electron chi connectivity index (χ2n) is 6.60. The molecule has 0 N–H and O–H groups in total. The normalized spacial score (nSPS) is 16.2. The zero-order valence-corrected chi connectivity index (χ0v) is 15.6. The molecule has 1 heterocycles. The minimum Gasteiger partial charge on any atom is -0.494 e. The lowest BCUT2D eigenvalue weighted by Gasteiger charge is -2.18. The van der Waals surface area contributed by atoms with Gasteiger partial charge < -0.3 is 19.1 Å². The fourth-order valence-corrected chi connectivity index (χ4v) is 3.06. The van der Waals surface area contributed by atoms with E-state index in [0.717, 1.165) is 19.4 Å². The molecule has 27 heavy (non-hydrogen) atoms. The van der Waals surface area contributed by atoms with Gasteiger partial charge in [0.25, 0.3) is 5.91 Å². The van der Waals surface area contributed by atoms with Crippen LogP contribution in [0.25, 0.3) is 0 Å². The van der Waals surface area contributed by atoms with Gasteiger partial charge in [-0.15, -0.1) is 0 Å². The van der Waals surface area contributed by atoms with Gasteiger partial charge in [-0.2, -0.15) is 0 Å². The molecule has 1 atom stereocenters. The molecule has 1 amide bonds. The summed E-state index contributed by atoms with van der Waals surface area (Å²) in [5.74, 6) is 0.221. The van der Waals surface area contributed by atoms with E-state index in [1.165, 1.54) is 13.2 Å². The third kappa shape index (κ3) is 4.98. The second kappa shape index (κ2) is 8.86. The van der Waals surface area contributed by atoms with Crippen LogP contribution in [-0.4, -0.2) is 44.3 Å². The Bertz CT molecular complexity index is 790. The van der Waals surface area contributed by atoms with Gasteiger partial charge in [0.2, 0.25) is 0 Å². The van der Waals surface area contributed by atoms with Crippen LogP contribution >= 0.6 is 0 Å². The van der Waals surface area contributed by atoms with Gasteiger partial charge >= 0.3 is 0 Å². The number of rotatable bonds is 7. The zero-order chi connectivity index (χ0) is 19.2. The van der Waals surface area contributed by atoms with Crippen LogP contribution in [0, 0.1) is 5.82 Å². The van der Waals surface area contributed by atoms with E-state index in [9.17, 15) is 9.18 Å². The lowest BCUT2D eigenvalue weighted by Crippen LogP contribution is -2.26. The van der Waals surface area contributed by atoms with Crippen LogP contribution in [0.3, 0.4) is 0 Å². The van der Waals surface area contributed by atoms with Crippen molar-refractivity contribution in [3.8, 4) is 11.5 Å². The first-order valence-corrected chi connectivity index (χ1v) is 8.99. The summed E-state index contributed by atoms with van der Waals surface area (Å²) in [6, 6.07) is 11.8. The summed E-state index contributed by atoms with van der Waals surface area (Å²) < 4.78 is 30.1. The van der Waals surface area contributed by atoms with Gasteiger partial charge in [0.05, 0.1) is 13.2 Å². The van der Waals surface area contributed by atoms with Crippen molar-refractivity contribution in [2.24, 2.45) is 0 Å². The van der Waals surface area contributed by atoms with E-state index in [1.807, 2.05) is 6.07 Å². The Balaban J connectivity index is 1.62. The molecule has 2 aromatic rings. The van der Waals surface area contributed by atoms with E-state index < -0.39 is 5.82 Å². The van der Waals surface area contributed by atoms with Crippen LogP contribution in [0.4, 0.5) is 4.39 Å². The topological polar surface area (TPSA) is 48.0 Å². The number of nitrogens with zero attached hydrogens (tertiary/aromatic N) is 1. The Morgan fingerprint density at radius 2 is 2.15 bits per heavy atom. The molecule has 5 nitrogen and oxygen atoms in total. The van der Waals surface area contributed by atoms with E-state index >= 15 is 0 Å². The van der Waals surface area contributed by atoms with E-state index in [1.54, 1.807) is 42.3 Å². The summed E-state index contributed by atoms with van der Waals surface area (Å²) in [5, 5.41) is 0. The highest BCUT2D eigenvalue weighted by Crippen LogP contribution is 2.20. The molecule has 6 heteroatoms.